The van der Waals surface area contributed by atoms with E-state index in [-0.39, 0.29) is 6.04 Å². The lowest BCUT2D eigenvalue weighted by atomic mass is 10.4. The molecule has 0 spiro atoms. The zero-order valence-electron chi connectivity index (χ0n) is 7.77. The van der Waals surface area contributed by atoms with Gasteiger partial charge in [-0.05, 0) is 13.8 Å². The number of hydrogen-bond donors (Lipinski definition) is 1. The minimum atomic E-state index is -4.34. The Morgan fingerprint density at radius 2 is 1.92 bits per heavy atom. The SMILES string of the molecule is CC(C)NC(=O)N(C)CC(F)(F)F. The van der Waals surface area contributed by atoms with Crippen LogP contribution in [0.5, 0.6) is 0 Å². The summed E-state index contributed by atoms with van der Waals surface area (Å²) in [6.07, 6.45) is -4.34. The molecule has 0 saturated carbocycles. The number of carbonyl (C=O) groups excluding carboxylic acids is 1. The molecule has 0 rings (SSSR count). The van der Waals surface area contributed by atoms with Crippen LogP contribution in [0.25, 0.3) is 0 Å². The van der Waals surface area contributed by atoms with Gasteiger partial charge in [0.05, 0.1) is 0 Å². The molecule has 0 aromatic carbocycles. The van der Waals surface area contributed by atoms with Crippen LogP contribution in [0.15, 0.2) is 0 Å². The highest BCUT2D eigenvalue weighted by Gasteiger charge is 2.31. The Bertz CT molecular complexity index is 179. The molecular formula is C7H13F3N2O. The quantitative estimate of drug-likeness (QED) is 0.718. The predicted molar refractivity (Wildman–Crippen MR) is 42.4 cm³/mol. The maximum atomic E-state index is 11.8. The summed E-state index contributed by atoms with van der Waals surface area (Å²) in [7, 11) is 1.10. The van der Waals surface area contributed by atoms with Gasteiger partial charge in [0, 0.05) is 13.1 Å². The Labute approximate surface area is 74.9 Å². The summed E-state index contributed by atoms with van der Waals surface area (Å²) in [4.78, 5) is 11.5. The zero-order chi connectivity index (χ0) is 10.6. The van der Waals surface area contributed by atoms with Crippen molar-refractivity contribution in [2.24, 2.45) is 0 Å². The van der Waals surface area contributed by atoms with Gasteiger partial charge in [-0.3, -0.25) is 0 Å². The van der Waals surface area contributed by atoms with E-state index < -0.39 is 18.8 Å². The lowest BCUT2D eigenvalue weighted by molar-refractivity contribution is -0.137. The first-order valence-electron chi connectivity index (χ1n) is 3.81. The van der Waals surface area contributed by atoms with Crippen molar-refractivity contribution in [3.63, 3.8) is 0 Å². The van der Waals surface area contributed by atoms with Crippen LogP contribution < -0.4 is 5.32 Å². The van der Waals surface area contributed by atoms with E-state index in [0.29, 0.717) is 4.90 Å². The first-order chi connectivity index (χ1) is 5.72. The Balaban J connectivity index is 3.97. The molecule has 6 heteroatoms. The predicted octanol–water partition coefficient (Wildman–Crippen LogP) is 1.60. The van der Waals surface area contributed by atoms with Crippen LogP contribution in [0.3, 0.4) is 0 Å². The number of amides is 2. The van der Waals surface area contributed by atoms with Crippen LogP contribution in [-0.2, 0) is 0 Å². The third kappa shape index (κ3) is 6.24. The molecule has 0 aliphatic heterocycles. The molecule has 0 unspecified atom stereocenters. The van der Waals surface area contributed by atoms with Gasteiger partial charge in [0.2, 0.25) is 0 Å². The van der Waals surface area contributed by atoms with E-state index in [2.05, 4.69) is 5.32 Å². The van der Waals surface area contributed by atoms with Crippen LogP contribution in [0.2, 0.25) is 0 Å². The Morgan fingerprint density at radius 1 is 1.46 bits per heavy atom. The third-order valence-electron chi connectivity index (χ3n) is 1.18. The monoisotopic (exact) mass is 198 g/mol. The van der Waals surface area contributed by atoms with Crippen LogP contribution >= 0.6 is 0 Å². The van der Waals surface area contributed by atoms with E-state index in [9.17, 15) is 18.0 Å². The lowest BCUT2D eigenvalue weighted by Gasteiger charge is -2.20. The molecule has 0 bridgehead atoms. The lowest BCUT2D eigenvalue weighted by Crippen LogP contribution is -2.44. The molecule has 78 valence electrons. The van der Waals surface area contributed by atoms with Gasteiger partial charge in [-0.2, -0.15) is 13.2 Å². The molecule has 0 aromatic rings. The van der Waals surface area contributed by atoms with E-state index in [1.54, 1.807) is 13.8 Å². The average Bonchev–Trinajstić information content (AvgIpc) is 1.81. The largest absolute Gasteiger partial charge is 0.406 e. The number of nitrogens with one attached hydrogen (secondary N) is 1. The van der Waals surface area contributed by atoms with Gasteiger partial charge >= 0.3 is 12.2 Å². The highest BCUT2D eigenvalue weighted by Crippen LogP contribution is 2.15. The Kier molecular flexibility index (Phi) is 4.03. The maximum Gasteiger partial charge on any atom is 0.406 e. The molecule has 2 amide bonds. The molecule has 0 aromatic heterocycles. The Hall–Kier alpha value is -0.940. The first kappa shape index (κ1) is 12.1. The van der Waals surface area contributed by atoms with E-state index in [1.165, 1.54) is 0 Å². The van der Waals surface area contributed by atoms with Crippen molar-refractivity contribution in [2.45, 2.75) is 26.1 Å². The van der Waals surface area contributed by atoms with Crippen LogP contribution in [-0.4, -0.2) is 36.7 Å². The smallest absolute Gasteiger partial charge is 0.336 e. The summed E-state index contributed by atoms with van der Waals surface area (Å²) >= 11 is 0. The van der Waals surface area contributed by atoms with Gasteiger partial charge < -0.3 is 10.2 Å². The van der Waals surface area contributed by atoms with E-state index in [0.717, 1.165) is 7.05 Å². The van der Waals surface area contributed by atoms with E-state index >= 15 is 0 Å². The summed E-state index contributed by atoms with van der Waals surface area (Å²) < 4.78 is 35.3. The average molecular weight is 198 g/mol. The third-order valence-corrected chi connectivity index (χ3v) is 1.18. The molecule has 0 atom stereocenters. The summed E-state index contributed by atoms with van der Waals surface area (Å²) in [5, 5.41) is 2.35. The van der Waals surface area contributed by atoms with Gasteiger partial charge in [-0.15, -0.1) is 0 Å². The van der Waals surface area contributed by atoms with Gasteiger partial charge in [0.15, 0.2) is 0 Å². The molecule has 0 radical (unpaired) electrons. The summed E-state index contributed by atoms with van der Waals surface area (Å²) in [6.45, 7) is 2.13. The maximum absolute atomic E-state index is 11.8. The van der Waals surface area contributed by atoms with Gasteiger partial charge in [-0.25, -0.2) is 4.79 Å². The molecule has 0 aliphatic rings. The number of rotatable bonds is 2. The highest BCUT2D eigenvalue weighted by atomic mass is 19.4. The molecule has 0 aliphatic carbocycles. The summed E-state index contributed by atoms with van der Waals surface area (Å²) in [6, 6.07) is -0.879. The van der Waals surface area contributed by atoms with Crippen LogP contribution in [0.1, 0.15) is 13.8 Å². The van der Waals surface area contributed by atoms with Gasteiger partial charge in [0.25, 0.3) is 0 Å². The minimum absolute atomic E-state index is 0.164. The molecule has 3 nitrogen and oxygen atoms in total. The van der Waals surface area contributed by atoms with Gasteiger partial charge in [-0.1, -0.05) is 0 Å². The number of nitrogens with zero attached hydrogens (tertiary/aromatic N) is 1. The van der Waals surface area contributed by atoms with E-state index in [1.807, 2.05) is 0 Å². The number of alkyl halides is 3. The summed E-state index contributed by atoms with van der Waals surface area (Å²) in [5.41, 5.74) is 0. The molecule has 0 heterocycles. The second-order valence-electron chi connectivity index (χ2n) is 3.08. The molecule has 0 fully saturated rings. The second-order valence-corrected chi connectivity index (χ2v) is 3.08. The van der Waals surface area contributed by atoms with Crippen molar-refractivity contribution < 1.29 is 18.0 Å². The molecule has 0 saturated heterocycles. The topological polar surface area (TPSA) is 32.3 Å². The molecular weight excluding hydrogens is 185 g/mol. The Morgan fingerprint density at radius 3 is 2.23 bits per heavy atom. The first-order valence-corrected chi connectivity index (χ1v) is 3.81. The number of hydrogen-bond acceptors (Lipinski definition) is 1. The van der Waals surface area contributed by atoms with Crippen molar-refractivity contribution in [3.05, 3.63) is 0 Å². The number of urea groups is 1. The molecule has 1 N–H and O–H groups in total. The fourth-order valence-electron chi connectivity index (χ4n) is 0.698. The standard InChI is InChI=1S/C7H13F3N2O/c1-5(2)11-6(13)12(3)4-7(8,9)10/h5H,4H2,1-3H3,(H,11,13). The molecule has 13 heavy (non-hydrogen) atoms. The number of halogens is 3. The summed E-state index contributed by atoms with van der Waals surface area (Å²) in [5.74, 6) is 0. The highest BCUT2D eigenvalue weighted by molar-refractivity contribution is 5.74. The van der Waals surface area contributed by atoms with Gasteiger partial charge in [0.1, 0.15) is 6.54 Å². The zero-order valence-corrected chi connectivity index (χ0v) is 7.77. The minimum Gasteiger partial charge on any atom is -0.336 e. The van der Waals surface area contributed by atoms with Crippen molar-refractivity contribution in [1.82, 2.24) is 10.2 Å². The van der Waals surface area contributed by atoms with Crippen LogP contribution in [0.4, 0.5) is 18.0 Å². The van der Waals surface area contributed by atoms with Crippen molar-refractivity contribution in [3.8, 4) is 0 Å². The van der Waals surface area contributed by atoms with Crippen molar-refractivity contribution >= 4 is 6.03 Å². The van der Waals surface area contributed by atoms with Crippen molar-refractivity contribution in [1.29, 1.82) is 0 Å². The van der Waals surface area contributed by atoms with Crippen LogP contribution in [0, 0.1) is 0 Å². The normalized spacial score (nSPS) is 11.6. The fourth-order valence-corrected chi connectivity index (χ4v) is 0.698. The number of carbonyl (C=O) groups is 1. The van der Waals surface area contributed by atoms with Crippen molar-refractivity contribution in [2.75, 3.05) is 13.6 Å². The second kappa shape index (κ2) is 4.34. The van der Waals surface area contributed by atoms with E-state index in [4.69, 9.17) is 0 Å². The fraction of sp³-hybridized carbons (Fsp3) is 0.857.